The number of carbonyl (C=O) groups excluding carboxylic acids is 1. The quantitative estimate of drug-likeness (QED) is 0.709. The highest BCUT2D eigenvalue weighted by Crippen LogP contribution is 2.12. The molecule has 0 bridgehead atoms. The summed E-state index contributed by atoms with van der Waals surface area (Å²) in [6, 6.07) is -0.167. The Labute approximate surface area is 93.8 Å². The summed E-state index contributed by atoms with van der Waals surface area (Å²) in [4.78, 5) is 11.7. The summed E-state index contributed by atoms with van der Waals surface area (Å²) in [6.45, 7) is 10.3. The van der Waals surface area contributed by atoms with Crippen LogP contribution in [-0.2, 0) is 4.79 Å². The van der Waals surface area contributed by atoms with Gasteiger partial charge >= 0.3 is 0 Å². The van der Waals surface area contributed by atoms with Crippen LogP contribution in [0.25, 0.3) is 0 Å². The van der Waals surface area contributed by atoms with E-state index in [2.05, 4.69) is 26.1 Å². The van der Waals surface area contributed by atoms with Crippen LogP contribution in [0.1, 0.15) is 47.5 Å². The van der Waals surface area contributed by atoms with Gasteiger partial charge in [-0.25, -0.2) is 0 Å². The van der Waals surface area contributed by atoms with Crippen molar-refractivity contribution < 1.29 is 4.79 Å². The van der Waals surface area contributed by atoms with Crippen molar-refractivity contribution in [3.8, 4) is 0 Å². The zero-order chi connectivity index (χ0) is 12.0. The molecule has 1 amide bonds. The first-order valence-corrected chi connectivity index (χ1v) is 5.99. The topological polar surface area (TPSA) is 55.1 Å². The van der Waals surface area contributed by atoms with E-state index < -0.39 is 0 Å². The van der Waals surface area contributed by atoms with Gasteiger partial charge in [-0.3, -0.25) is 4.79 Å². The summed E-state index contributed by atoms with van der Waals surface area (Å²) >= 11 is 0. The first-order valence-electron chi connectivity index (χ1n) is 5.99. The summed E-state index contributed by atoms with van der Waals surface area (Å²) in [5.41, 5.74) is 5.78. The lowest BCUT2D eigenvalue weighted by Gasteiger charge is -2.25. The van der Waals surface area contributed by atoms with Crippen LogP contribution in [0, 0.1) is 11.8 Å². The van der Waals surface area contributed by atoms with Gasteiger partial charge < -0.3 is 11.1 Å². The number of nitrogens with two attached hydrogens (primary N) is 1. The van der Waals surface area contributed by atoms with E-state index in [4.69, 9.17) is 5.73 Å². The van der Waals surface area contributed by atoms with Gasteiger partial charge in [0.1, 0.15) is 0 Å². The number of hydrogen-bond acceptors (Lipinski definition) is 2. The average molecular weight is 214 g/mol. The molecular weight excluding hydrogens is 188 g/mol. The lowest BCUT2D eigenvalue weighted by atomic mass is 9.94. The first kappa shape index (κ1) is 14.4. The minimum Gasteiger partial charge on any atom is -0.352 e. The molecule has 0 aromatic carbocycles. The number of carbonyl (C=O) groups is 1. The van der Waals surface area contributed by atoms with Crippen LogP contribution < -0.4 is 11.1 Å². The molecule has 0 saturated heterocycles. The molecule has 0 aliphatic carbocycles. The molecule has 0 radical (unpaired) electrons. The minimum absolute atomic E-state index is 0.0237. The van der Waals surface area contributed by atoms with Crippen molar-refractivity contribution in [2.45, 2.75) is 59.5 Å². The van der Waals surface area contributed by atoms with Gasteiger partial charge in [-0.2, -0.15) is 0 Å². The molecule has 0 aromatic heterocycles. The molecule has 3 nitrogen and oxygen atoms in total. The molecule has 0 aliphatic heterocycles. The molecule has 3 N–H and O–H groups in total. The molecule has 3 heteroatoms. The first-order chi connectivity index (χ1) is 6.93. The maximum atomic E-state index is 11.7. The summed E-state index contributed by atoms with van der Waals surface area (Å²) in [5, 5.41) is 3.00. The SMILES string of the molecule is CCC(CC)C(C)NC(=O)[C@H](N)C(C)C. The van der Waals surface area contributed by atoms with E-state index in [-0.39, 0.29) is 23.9 Å². The van der Waals surface area contributed by atoms with E-state index in [1.807, 2.05) is 13.8 Å². The third-order valence-electron chi connectivity index (χ3n) is 3.15. The molecular formula is C12H26N2O. The highest BCUT2D eigenvalue weighted by Gasteiger charge is 2.21. The molecule has 0 aliphatic rings. The standard InChI is InChI=1S/C12H26N2O/c1-6-10(7-2)9(5)14-12(15)11(13)8(3)4/h8-11H,6-7,13H2,1-5H3,(H,14,15)/t9?,11-/m1/s1. The lowest BCUT2D eigenvalue weighted by Crippen LogP contribution is -2.48. The normalized spacial score (nSPS) is 15.5. The molecule has 0 heterocycles. The Kier molecular flexibility index (Phi) is 6.57. The van der Waals surface area contributed by atoms with Crippen molar-refractivity contribution in [2.75, 3.05) is 0 Å². The van der Waals surface area contributed by atoms with Crippen molar-refractivity contribution in [1.82, 2.24) is 5.32 Å². The largest absolute Gasteiger partial charge is 0.352 e. The van der Waals surface area contributed by atoms with Gasteiger partial charge in [0, 0.05) is 6.04 Å². The Bertz CT molecular complexity index is 188. The second kappa shape index (κ2) is 6.83. The van der Waals surface area contributed by atoms with Crippen molar-refractivity contribution in [3.63, 3.8) is 0 Å². The maximum absolute atomic E-state index is 11.7. The van der Waals surface area contributed by atoms with E-state index in [0.717, 1.165) is 12.8 Å². The van der Waals surface area contributed by atoms with Crippen LogP contribution in [0.5, 0.6) is 0 Å². The Morgan fingerprint density at radius 2 is 1.67 bits per heavy atom. The highest BCUT2D eigenvalue weighted by atomic mass is 16.2. The van der Waals surface area contributed by atoms with Gasteiger partial charge in [-0.15, -0.1) is 0 Å². The van der Waals surface area contributed by atoms with E-state index in [0.29, 0.717) is 5.92 Å². The molecule has 1 unspecified atom stereocenters. The monoisotopic (exact) mass is 214 g/mol. The third-order valence-corrected chi connectivity index (χ3v) is 3.15. The van der Waals surface area contributed by atoms with Gasteiger partial charge in [0.25, 0.3) is 0 Å². The lowest BCUT2D eigenvalue weighted by molar-refractivity contribution is -0.124. The van der Waals surface area contributed by atoms with Crippen LogP contribution in [-0.4, -0.2) is 18.0 Å². The van der Waals surface area contributed by atoms with Gasteiger partial charge in [-0.05, 0) is 18.8 Å². The summed E-state index contributed by atoms with van der Waals surface area (Å²) in [6.07, 6.45) is 2.18. The fourth-order valence-electron chi connectivity index (χ4n) is 1.74. The van der Waals surface area contributed by atoms with Crippen molar-refractivity contribution in [3.05, 3.63) is 0 Å². The highest BCUT2D eigenvalue weighted by molar-refractivity contribution is 5.81. The third kappa shape index (κ3) is 4.65. The Hall–Kier alpha value is -0.570. The average Bonchev–Trinajstić information content (AvgIpc) is 2.18. The van der Waals surface area contributed by atoms with Crippen LogP contribution in [0.3, 0.4) is 0 Å². The summed E-state index contributed by atoms with van der Waals surface area (Å²) < 4.78 is 0. The minimum atomic E-state index is -0.387. The smallest absolute Gasteiger partial charge is 0.237 e. The summed E-state index contributed by atoms with van der Waals surface area (Å²) in [7, 11) is 0. The Balaban J connectivity index is 4.16. The zero-order valence-corrected chi connectivity index (χ0v) is 10.7. The second-order valence-electron chi connectivity index (χ2n) is 4.64. The van der Waals surface area contributed by atoms with Gasteiger partial charge in [-0.1, -0.05) is 40.5 Å². The second-order valence-corrected chi connectivity index (χ2v) is 4.64. The number of rotatable bonds is 6. The molecule has 0 aromatic rings. The maximum Gasteiger partial charge on any atom is 0.237 e. The fraction of sp³-hybridized carbons (Fsp3) is 0.917. The number of amides is 1. The van der Waals surface area contributed by atoms with Crippen molar-refractivity contribution in [2.24, 2.45) is 17.6 Å². The van der Waals surface area contributed by atoms with E-state index in [1.54, 1.807) is 0 Å². The molecule has 0 saturated carbocycles. The van der Waals surface area contributed by atoms with E-state index in [9.17, 15) is 4.79 Å². The zero-order valence-electron chi connectivity index (χ0n) is 10.7. The van der Waals surface area contributed by atoms with E-state index >= 15 is 0 Å². The van der Waals surface area contributed by atoms with Crippen LogP contribution in [0.2, 0.25) is 0 Å². The number of nitrogens with one attached hydrogen (secondary N) is 1. The van der Waals surface area contributed by atoms with Crippen LogP contribution >= 0.6 is 0 Å². The Morgan fingerprint density at radius 1 is 1.20 bits per heavy atom. The number of hydrogen-bond donors (Lipinski definition) is 2. The van der Waals surface area contributed by atoms with Crippen LogP contribution in [0.15, 0.2) is 0 Å². The van der Waals surface area contributed by atoms with Gasteiger partial charge in [0.15, 0.2) is 0 Å². The predicted octanol–water partition coefficient (Wildman–Crippen LogP) is 1.91. The molecule has 0 spiro atoms. The molecule has 0 fully saturated rings. The molecule has 0 rings (SSSR count). The van der Waals surface area contributed by atoms with Crippen LogP contribution in [0.4, 0.5) is 0 Å². The fourth-order valence-corrected chi connectivity index (χ4v) is 1.74. The van der Waals surface area contributed by atoms with Gasteiger partial charge in [0.05, 0.1) is 6.04 Å². The summed E-state index contributed by atoms with van der Waals surface area (Å²) in [5.74, 6) is 0.719. The van der Waals surface area contributed by atoms with Crippen molar-refractivity contribution >= 4 is 5.91 Å². The molecule has 15 heavy (non-hydrogen) atoms. The molecule has 90 valence electrons. The van der Waals surface area contributed by atoms with Gasteiger partial charge in [0.2, 0.25) is 5.91 Å². The van der Waals surface area contributed by atoms with E-state index in [1.165, 1.54) is 0 Å². The Morgan fingerprint density at radius 3 is 2.00 bits per heavy atom. The molecule has 2 atom stereocenters. The predicted molar refractivity (Wildman–Crippen MR) is 64.5 cm³/mol. The van der Waals surface area contributed by atoms with Crippen molar-refractivity contribution in [1.29, 1.82) is 0 Å².